The summed E-state index contributed by atoms with van der Waals surface area (Å²) in [5.74, 6) is 0.613. The van der Waals surface area contributed by atoms with Crippen molar-refractivity contribution in [3.8, 4) is 28.3 Å². The lowest BCUT2D eigenvalue weighted by Gasteiger charge is -2.27. The second-order valence-electron chi connectivity index (χ2n) is 12.8. The molecule has 0 aliphatic heterocycles. The SMILES string of the molecule is c1ccc(-c2ccc(N(c3ccc(-n4c5ccccc5c5ccccc54)cc3)c3cccc4ccc5nc(-c6ccccc6)oc5c34)cc2)cc1. The van der Waals surface area contributed by atoms with E-state index >= 15 is 0 Å². The number of hydrogen-bond donors (Lipinski definition) is 0. The number of nitrogens with zero attached hydrogens (tertiary/aromatic N) is 3. The summed E-state index contributed by atoms with van der Waals surface area (Å²) in [6.45, 7) is 0. The van der Waals surface area contributed by atoms with Gasteiger partial charge in [-0.3, -0.25) is 0 Å². The zero-order valence-electron chi connectivity index (χ0n) is 27.6. The van der Waals surface area contributed by atoms with Crippen LogP contribution in [0.2, 0.25) is 0 Å². The highest BCUT2D eigenvalue weighted by Crippen LogP contribution is 2.43. The Hall–Kier alpha value is -6.91. The maximum Gasteiger partial charge on any atom is 0.227 e. The molecule has 2 aromatic heterocycles. The van der Waals surface area contributed by atoms with Gasteiger partial charge in [0.25, 0.3) is 0 Å². The van der Waals surface area contributed by atoms with E-state index in [9.17, 15) is 0 Å². The van der Waals surface area contributed by atoms with Gasteiger partial charge in [0.1, 0.15) is 5.52 Å². The van der Waals surface area contributed by atoms with Gasteiger partial charge in [0.15, 0.2) is 5.58 Å². The third-order valence-electron chi connectivity index (χ3n) is 9.82. The fourth-order valence-electron chi connectivity index (χ4n) is 7.44. The van der Waals surface area contributed by atoms with Crippen molar-refractivity contribution < 1.29 is 4.42 Å². The van der Waals surface area contributed by atoms with Gasteiger partial charge in [-0.05, 0) is 89.3 Å². The molecule has 0 unspecified atom stereocenters. The number of oxazole rings is 1. The summed E-state index contributed by atoms with van der Waals surface area (Å²) in [6.07, 6.45) is 0. The zero-order valence-corrected chi connectivity index (χ0v) is 27.6. The lowest BCUT2D eigenvalue weighted by Crippen LogP contribution is -2.10. The minimum atomic E-state index is 0.613. The van der Waals surface area contributed by atoms with Crippen LogP contribution in [0.15, 0.2) is 192 Å². The Balaban J connectivity index is 1.17. The van der Waals surface area contributed by atoms with Crippen LogP contribution in [0.3, 0.4) is 0 Å². The van der Waals surface area contributed by atoms with Gasteiger partial charge in [-0.2, -0.15) is 0 Å². The first-order chi connectivity index (χ1) is 25.3. The summed E-state index contributed by atoms with van der Waals surface area (Å²) < 4.78 is 8.97. The highest BCUT2D eigenvalue weighted by molar-refractivity contribution is 6.12. The predicted molar refractivity (Wildman–Crippen MR) is 211 cm³/mol. The summed E-state index contributed by atoms with van der Waals surface area (Å²) in [7, 11) is 0. The van der Waals surface area contributed by atoms with E-state index in [0.717, 1.165) is 50.2 Å². The molecule has 0 radical (unpaired) electrons. The molecule has 0 N–H and O–H groups in total. The molecule has 0 fully saturated rings. The third-order valence-corrected chi connectivity index (χ3v) is 9.82. The Bertz CT molecular complexity index is 2780. The first-order valence-corrected chi connectivity index (χ1v) is 17.2. The molecule has 10 aromatic rings. The highest BCUT2D eigenvalue weighted by Gasteiger charge is 2.21. The van der Waals surface area contributed by atoms with Crippen LogP contribution in [0.5, 0.6) is 0 Å². The Morgan fingerprint density at radius 3 is 1.69 bits per heavy atom. The largest absolute Gasteiger partial charge is 0.435 e. The Kier molecular flexibility index (Phi) is 6.78. The van der Waals surface area contributed by atoms with Crippen LogP contribution in [0.4, 0.5) is 17.1 Å². The van der Waals surface area contributed by atoms with Crippen molar-refractivity contribution in [3.05, 3.63) is 188 Å². The molecule has 8 aromatic carbocycles. The van der Waals surface area contributed by atoms with Gasteiger partial charge in [-0.1, -0.05) is 115 Å². The van der Waals surface area contributed by atoms with Crippen LogP contribution in [0.1, 0.15) is 0 Å². The van der Waals surface area contributed by atoms with Crippen LogP contribution in [-0.4, -0.2) is 9.55 Å². The van der Waals surface area contributed by atoms with Crippen molar-refractivity contribution in [3.63, 3.8) is 0 Å². The van der Waals surface area contributed by atoms with Crippen molar-refractivity contribution in [2.75, 3.05) is 4.90 Å². The average molecular weight is 654 g/mol. The molecule has 0 aliphatic rings. The number of fused-ring (bicyclic) bond motifs is 6. The van der Waals surface area contributed by atoms with Crippen molar-refractivity contribution >= 4 is 60.7 Å². The quantitative estimate of drug-likeness (QED) is 0.179. The van der Waals surface area contributed by atoms with Gasteiger partial charge < -0.3 is 13.9 Å². The second-order valence-corrected chi connectivity index (χ2v) is 12.8. The number of anilines is 3. The number of para-hydroxylation sites is 2. The summed E-state index contributed by atoms with van der Waals surface area (Å²) in [5, 5.41) is 4.60. The number of rotatable bonds is 6. The molecule has 0 bridgehead atoms. The Morgan fingerprint density at radius 2 is 1.02 bits per heavy atom. The normalized spacial score (nSPS) is 11.5. The van der Waals surface area contributed by atoms with Gasteiger partial charge in [0.05, 0.1) is 22.1 Å². The van der Waals surface area contributed by atoms with E-state index in [1.807, 2.05) is 30.3 Å². The molecule has 0 atom stereocenters. The minimum Gasteiger partial charge on any atom is -0.435 e. The van der Waals surface area contributed by atoms with Crippen LogP contribution in [0, 0.1) is 0 Å². The van der Waals surface area contributed by atoms with E-state index in [1.54, 1.807) is 0 Å². The van der Waals surface area contributed by atoms with Crippen LogP contribution in [-0.2, 0) is 0 Å². The number of aromatic nitrogens is 2. The molecule has 4 nitrogen and oxygen atoms in total. The maximum absolute atomic E-state index is 6.62. The average Bonchev–Trinajstić information content (AvgIpc) is 3.80. The van der Waals surface area contributed by atoms with Gasteiger partial charge in [0, 0.05) is 33.4 Å². The molecule has 4 heteroatoms. The Morgan fingerprint density at radius 1 is 0.451 bits per heavy atom. The van der Waals surface area contributed by atoms with Crippen LogP contribution in [0.25, 0.3) is 71.9 Å². The summed E-state index contributed by atoms with van der Waals surface area (Å²) >= 11 is 0. The fourth-order valence-corrected chi connectivity index (χ4v) is 7.44. The maximum atomic E-state index is 6.62. The summed E-state index contributed by atoms with van der Waals surface area (Å²) in [6, 6.07) is 66.2. The molecule has 0 aliphatic carbocycles. The molecule has 0 saturated heterocycles. The van der Waals surface area contributed by atoms with E-state index in [2.05, 4.69) is 167 Å². The molecule has 10 rings (SSSR count). The summed E-state index contributed by atoms with van der Waals surface area (Å²) in [5.41, 5.74) is 11.5. The van der Waals surface area contributed by atoms with Gasteiger partial charge >= 0.3 is 0 Å². The van der Waals surface area contributed by atoms with Gasteiger partial charge in [-0.15, -0.1) is 0 Å². The number of hydrogen-bond acceptors (Lipinski definition) is 3. The highest BCUT2D eigenvalue weighted by atomic mass is 16.3. The lowest BCUT2D eigenvalue weighted by atomic mass is 10.0. The molecule has 0 saturated carbocycles. The Labute approximate surface area is 295 Å². The van der Waals surface area contributed by atoms with Gasteiger partial charge in [0.2, 0.25) is 5.89 Å². The predicted octanol–water partition coefficient (Wildman–Crippen LogP) is 12.9. The van der Waals surface area contributed by atoms with Gasteiger partial charge in [-0.25, -0.2) is 4.98 Å². The summed E-state index contributed by atoms with van der Waals surface area (Å²) in [4.78, 5) is 7.26. The monoisotopic (exact) mass is 653 g/mol. The smallest absolute Gasteiger partial charge is 0.227 e. The van der Waals surface area contributed by atoms with Crippen molar-refractivity contribution in [1.82, 2.24) is 9.55 Å². The third kappa shape index (κ3) is 4.88. The van der Waals surface area contributed by atoms with E-state index < -0.39 is 0 Å². The lowest BCUT2D eigenvalue weighted by molar-refractivity contribution is 0.623. The first-order valence-electron chi connectivity index (χ1n) is 17.2. The second kappa shape index (κ2) is 11.9. The number of benzene rings is 8. The van der Waals surface area contributed by atoms with E-state index in [-0.39, 0.29) is 0 Å². The molecular weight excluding hydrogens is 623 g/mol. The first kappa shape index (κ1) is 29.0. The van der Waals surface area contributed by atoms with E-state index in [4.69, 9.17) is 9.40 Å². The van der Waals surface area contributed by atoms with Crippen molar-refractivity contribution in [1.29, 1.82) is 0 Å². The van der Waals surface area contributed by atoms with E-state index in [1.165, 1.54) is 32.9 Å². The van der Waals surface area contributed by atoms with Crippen LogP contribution >= 0.6 is 0 Å². The van der Waals surface area contributed by atoms with E-state index in [0.29, 0.717) is 5.89 Å². The molecule has 240 valence electrons. The van der Waals surface area contributed by atoms with Crippen molar-refractivity contribution in [2.45, 2.75) is 0 Å². The zero-order chi connectivity index (χ0) is 33.7. The molecule has 0 spiro atoms. The molecule has 0 amide bonds. The standard InChI is InChI=1S/C47H31N3O/c1-3-12-32(13-4-1)33-22-25-36(26-23-33)49(37-27-29-38(30-28-37)50-42-19-9-7-17-39(42)40-18-8-10-20-43(40)50)44-21-11-16-34-24-31-41-46(45(34)44)51-47(48-41)35-14-5-2-6-15-35/h1-31H. The van der Waals surface area contributed by atoms with Crippen molar-refractivity contribution in [2.24, 2.45) is 0 Å². The minimum absolute atomic E-state index is 0.613. The molecule has 51 heavy (non-hydrogen) atoms. The molecular formula is C47H31N3O. The molecule has 2 heterocycles. The topological polar surface area (TPSA) is 34.2 Å². The van der Waals surface area contributed by atoms with Crippen LogP contribution < -0.4 is 4.90 Å². The fraction of sp³-hybridized carbons (Fsp3) is 0.